The minimum atomic E-state index is -1.34. The molecule has 2 aliphatic heterocycles. The van der Waals surface area contributed by atoms with Crippen LogP contribution >= 0.6 is 0 Å². The maximum atomic E-state index is 13.6. The molecule has 0 bridgehead atoms. The van der Waals surface area contributed by atoms with Crippen molar-refractivity contribution in [3.05, 3.63) is 35.1 Å². The summed E-state index contributed by atoms with van der Waals surface area (Å²) < 4.78 is 13.6. The van der Waals surface area contributed by atoms with E-state index in [2.05, 4.69) is 0 Å². The zero-order valence-corrected chi connectivity index (χ0v) is 14.2. The lowest BCUT2D eigenvalue weighted by Crippen LogP contribution is -2.42. The van der Waals surface area contributed by atoms with Gasteiger partial charge in [-0.25, -0.2) is 4.39 Å². The van der Waals surface area contributed by atoms with E-state index in [0.717, 1.165) is 18.6 Å². The summed E-state index contributed by atoms with van der Waals surface area (Å²) in [6.07, 6.45) is 0.719. The number of aliphatic carboxylic acids is 1. The van der Waals surface area contributed by atoms with Crippen molar-refractivity contribution in [1.29, 1.82) is 5.26 Å². The summed E-state index contributed by atoms with van der Waals surface area (Å²) in [6.45, 7) is 2.31. The fourth-order valence-electron chi connectivity index (χ4n) is 3.88. The van der Waals surface area contributed by atoms with Crippen LogP contribution < -0.4 is 0 Å². The molecule has 2 saturated heterocycles. The van der Waals surface area contributed by atoms with Gasteiger partial charge in [0, 0.05) is 31.7 Å². The molecule has 0 radical (unpaired) electrons. The maximum absolute atomic E-state index is 13.6. The van der Waals surface area contributed by atoms with Crippen molar-refractivity contribution in [3.8, 4) is 6.07 Å². The number of carboxylic acids is 1. The van der Waals surface area contributed by atoms with E-state index in [0.29, 0.717) is 6.54 Å². The van der Waals surface area contributed by atoms with Crippen LogP contribution in [0.25, 0.3) is 0 Å². The minimum Gasteiger partial charge on any atom is -0.481 e. The van der Waals surface area contributed by atoms with Crippen LogP contribution in [0, 0.1) is 28.5 Å². The third kappa shape index (κ3) is 2.69. The Morgan fingerprint density at radius 1 is 1.38 bits per heavy atom. The van der Waals surface area contributed by atoms with Gasteiger partial charge in [-0.3, -0.25) is 14.4 Å². The Hall–Kier alpha value is -2.95. The van der Waals surface area contributed by atoms with Gasteiger partial charge in [0.1, 0.15) is 11.2 Å². The molecule has 0 unspecified atom stereocenters. The second kappa shape index (κ2) is 6.41. The molecule has 7 nitrogen and oxygen atoms in total. The molecular weight excluding hydrogens is 341 g/mol. The Balaban J connectivity index is 1.89. The third-order valence-corrected chi connectivity index (χ3v) is 5.11. The summed E-state index contributed by atoms with van der Waals surface area (Å²) >= 11 is 0. The summed E-state index contributed by atoms with van der Waals surface area (Å²) in [7, 11) is 0. The third-order valence-electron chi connectivity index (χ3n) is 5.11. The van der Waals surface area contributed by atoms with Crippen LogP contribution in [0.5, 0.6) is 0 Å². The number of hydrogen-bond donors (Lipinski definition) is 1. The summed E-state index contributed by atoms with van der Waals surface area (Å²) in [5.41, 5.74) is -1.36. The molecule has 0 aliphatic carbocycles. The fourth-order valence-corrected chi connectivity index (χ4v) is 3.88. The Morgan fingerprint density at radius 3 is 2.69 bits per heavy atom. The van der Waals surface area contributed by atoms with Crippen LogP contribution in [0.4, 0.5) is 4.39 Å². The molecular formula is C18H18FN3O4. The average molecular weight is 359 g/mol. The summed E-state index contributed by atoms with van der Waals surface area (Å²) in [5, 5.41) is 18.7. The topological polar surface area (TPSA) is 102 Å². The highest BCUT2D eigenvalue weighted by Crippen LogP contribution is 2.44. The van der Waals surface area contributed by atoms with Gasteiger partial charge in [0.15, 0.2) is 0 Å². The number of halogens is 1. The summed E-state index contributed by atoms with van der Waals surface area (Å²) in [5.74, 6) is -3.47. The van der Waals surface area contributed by atoms with Gasteiger partial charge in [0.25, 0.3) is 5.91 Å². The first-order valence-electron chi connectivity index (χ1n) is 8.34. The first-order chi connectivity index (χ1) is 12.3. The van der Waals surface area contributed by atoms with Crippen LogP contribution in [0.1, 0.15) is 29.3 Å². The monoisotopic (exact) mass is 359 g/mol. The molecule has 8 heteroatoms. The highest BCUT2D eigenvalue weighted by molar-refractivity contribution is 5.98. The lowest BCUT2D eigenvalue weighted by molar-refractivity contribution is -0.149. The van der Waals surface area contributed by atoms with E-state index in [1.807, 2.05) is 6.92 Å². The predicted molar refractivity (Wildman–Crippen MR) is 87.4 cm³/mol. The van der Waals surface area contributed by atoms with Crippen LogP contribution in [0.2, 0.25) is 0 Å². The van der Waals surface area contributed by atoms with Gasteiger partial charge in [0.2, 0.25) is 5.91 Å². The Bertz CT molecular complexity index is 834. The van der Waals surface area contributed by atoms with Crippen LogP contribution in [0.3, 0.4) is 0 Å². The maximum Gasteiger partial charge on any atom is 0.314 e. The molecule has 2 aliphatic rings. The second-order valence-electron chi connectivity index (χ2n) is 6.80. The largest absolute Gasteiger partial charge is 0.481 e. The molecule has 2 heterocycles. The molecule has 1 aromatic rings. The number of carboxylic acid groups (broad SMARTS) is 1. The molecule has 2 fully saturated rings. The van der Waals surface area contributed by atoms with Crippen molar-refractivity contribution < 1.29 is 23.9 Å². The highest BCUT2D eigenvalue weighted by Gasteiger charge is 2.62. The quantitative estimate of drug-likeness (QED) is 0.867. The van der Waals surface area contributed by atoms with E-state index in [1.165, 1.54) is 15.9 Å². The summed E-state index contributed by atoms with van der Waals surface area (Å²) in [4.78, 5) is 40.0. The van der Waals surface area contributed by atoms with E-state index in [9.17, 15) is 23.9 Å². The first-order valence-corrected chi connectivity index (χ1v) is 8.34. The van der Waals surface area contributed by atoms with Crippen molar-refractivity contribution in [3.63, 3.8) is 0 Å². The van der Waals surface area contributed by atoms with Crippen molar-refractivity contribution >= 4 is 17.8 Å². The number of rotatable bonds is 4. The van der Waals surface area contributed by atoms with Crippen LogP contribution in [0.15, 0.2) is 18.2 Å². The van der Waals surface area contributed by atoms with E-state index in [4.69, 9.17) is 5.26 Å². The molecule has 2 amide bonds. The molecule has 136 valence electrons. The van der Waals surface area contributed by atoms with Gasteiger partial charge >= 0.3 is 5.97 Å². The molecule has 26 heavy (non-hydrogen) atoms. The molecule has 0 aromatic heterocycles. The van der Waals surface area contributed by atoms with Crippen molar-refractivity contribution in [2.24, 2.45) is 11.3 Å². The van der Waals surface area contributed by atoms with Crippen LogP contribution in [-0.2, 0) is 9.59 Å². The Kier molecular flexibility index (Phi) is 4.40. The van der Waals surface area contributed by atoms with Gasteiger partial charge in [-0.05, 0) is 24.6 Å². The molecule has 0 spiro atoms. The normalized spacial score (nSPS) is 24.5. The molecule has 0 saturated carbocycles. The van der Waals surface area contributed by atoms with Gasteiger partial charge in [0.05, 0.1) is 17.6 Å². The number of fused-ring (bicyclic) bond motifs is 1. The fraction of sp³-hybridized carbons (Fsp3) is 0.444. The van der Waals surface area contributed by atoms with E-state index >= 15 is 0 Å². The number of nitriles is 1. The standard InChI is InChI=1S/C18H18FN3O4/c1-2-3-21-9-18(17(25)26)10-22(8-14(18)16(21)24)15(23)12-4-11(7-20)5-13(19)6-12/h4-6,14H,2-3,8-10H2,1H3,(H,25,26)/t14-,18+/m1/s1. The van der Waals surface area contributed by atoms with E-state index in [1.54, 1.807) is 6.07 Å². The van der Waals surface area contributed by atoms with Crippen molar-refractivity contribution in [2.75, 3.05) is 26.2 Å². The van der Waals surface area contributed by atoms with Gasteiger partial charge in [-0.2, -0.15) is 5.26 Å². The van der Waals surface area contributed by atoms with Gasteiger partial charge in [-0.1, -0.05) is 6.92 Å². The SMILES string of the molecule is CCCN1C[C@]2(C(=O)O)CN(C(=O)c3cc(F)cc(C#N)c3)C[C@@H]2C1=O. The first kappa shape index (κ1) is 17.9. The number of likely N-dealkylation sites (tertiary alicyclic amines) is 2. The molecule has 1 N–H and O–H groups in total. The zero-order valence-electron chi connectivity index (χ0n) is 14.2. The lowest BCUT2D eigenvalue weighted by Gasteiger charge is -2.25. The Morgan fingerprint density at radius 2 is 2.12 bits per heavy atom. The zero-order chi connectivity index (χ0) is 19.1. The van der Waals surface area contributed by atoms with E-state index < -0.39 is 29.0 Å². The van der Waals surface area contributed by atoms with Gasteiger partial charge in [-0.15, -0.1) is 0 Å². The summed E-state index contributed by atoms with van der Waals surface area (Å²) in [6, 6.07) is 5.07. The Labute approximate surface area is 149 Å². The van der Waals surface area contributed by atoms with E-state index in [-0.39, 0.29) is 36.7 Å². The second-order valence-corrected chi connectivity index (χ2v) is 6.80. The number of carbonyl (C=O) groups is 3. The van der Waals surface area contributed by atoms with Crippen molar-refractivity contribution in [1.82, 2.24) is 9.80 Å². The number of hydrogen-bond acceptors (Lipinski definition) is 4. The number of benzene rings is 1. The number of nitrogens with zero attached hydrogens (tertiary/aromatic N) is 3. The number of carbonyl (C=O) groups excluding carboxylic acids is 2. The smallest absolute Gasteiger partial charge is 0.314 e. The number of amides is 2. The average Bonchev–Trinajstić information content (AvgIpc) is 3.11. The molecule has 2 atom stereocenters. The highest BCUT2D eigenvalue weighted by atomic mass is 19.1. The molecule has 3 rings (SSSR count). The lowest BCUT2D eigenvalue weighted by atomic mass is 9.81. The van der Waals surface area contributed by atoms with Crippen molar-refractivity contribution in [2.45, 2.75) is 13.3 Å². The van der Waals surface area contributed by atoms with Crippen LogP contribution in [-0.4, -0.2) is 58.9 Å². The minimum absolute atomic E-state index is 0.00545. The predicted octanol–water partition coefficient (Wildman–Crippen LogP) is 1.09. The molecule has 1 aromatic carbocycles. The van der Waals surface area contributed by atoms with Gasteiger partial charge < -0.3 is 14.9 Å².